The topological polar surface area (TPSA) is 91.4 Å². The molecule has 3 amide bonds. The molecule has 2 heterocycles. The molecule has 2 aromatic rings. The lowest BCUT2D eigenvalue weighted by Crippen LogP contribution is -2.43. The van der Waals surface area contributed by atoms with Gasteiger partial charge in [0.05, 0.1) is 18.5 Å². The van der Waals surface area contributed by atoms with Crippen molar-refractivity contribution in [3.8, 4) is 0 Å². The van der Waals surface area contributed by atoms with Gasteiger partial charge in [0.15, 0.2) is 5.13 Å². The van der Waals surface area contributed by atoms with Gasteiger partial charge in [-0.3, -0.25) is 30.1 Å². The van der Waals surface area contributed by atoms with E-state index in [1.807, 2.05) is 0 Å². The Bertz CT molecular complexity index is 822. The first-order valence-corrected chi connectivity index (χ1v) is 8.96. The highest BCUT2D eigenvalue weighted by Gasteiger charge is 2.24. The Hall–Kier alpha value is -2.81. The van der Waals surface area contributed by atoms with E-state index >= 15 is 0 Å². The van der Waals surface area contributed by atoms with Crippen LogP contribution in [0.15, 0.2) is 29.6 Å². The quantitative estimate of drug-likeness (QED) is 0.771. The summed E-state index contributed by atoms with van der Waals surface area (Å²) >= 11 is 1.32. The molecule has 3 rings (SSSR count). The summed E-state index contributed by atoms with van der Waals surface area (Å²) in [4.78, 5) is 41.3. The van der Waals surface area contributed by atoms with E-state index in [4.69, 9.17) is 0 Å². The zero-order valence-corrected chi connectivity index (χ0v) is 14.6. The summed E-state index contributed by atoms with van der Waals surface area (Å²) in [5, 5.41) is 2.32. The molecule has 0 unspecified atom stereocenters. The molecule has 26 heavy (non-hydrogen) atoms. The summed E-state index contributed by atoms with van der Waals surface area (Å²) in [5.74, 6) is -1.15. The number of anilines is 1. The van der Waals surface area contributed by atoms with Crippen LogP contribution in [0.2, 0.25) is 0 Å². The van der Waals surface area contributed by atoms with Crippen molar-refractivity contribution in [2.24, 2.45) is 0 Å². The molecule has 1 aliphatic rings. The van der Waals surface area contributed by atoms with E-state index in [9.17, 15) is 18.8 Å². The van der Waals surface area contributed by atoms with Crippen LogP contribution in [0.5, 0.6) is 0 Å². The van der Waals surface area contributed by atoms with Crippen molar-refractivity contribution >= 4 is 34.2 Å². The summed E-state index contributed by atoms with van der Waals surface area (Å²) < 4.78 is 12.8. The molecule has 1 aromatic heterocycles. The number of aromatic nitrogens is 1. The zero-order valence-electron chi connectivity index (χ0n) is 13.8. The highest BCUT2D eigenvalue weighted by molar-refractivity contribution is 7.14. The third-order valence-corrected chi connectivity index (χ3v) is 4.72. The van der Waals surface area contributed by atoms with E-state index in [0.29, 0.717) is 29.4 Å². The molecule has 2 N–H and O–H groups in total. The van der Waals surface area contributed by atoms with E-state index in [1.165, 1.54) is 35.6 Å². The Morgan fingerprint density at radius 3 is 2.50 bits per heavy atom. The fourth-order valence-electron chi connectivity index (χ4n) is 2.53. The number of nitrogens with zero attached hydrogens (tertiary/aromatic N) is 2. The van der Waals surface area contributed by atoms with Crippen molar-refractivity contribution in [2.75, 3.05) is 11.4 Å². The Labute approximate surface area is 153 Å². The highest BCUT2D eigenvalue weighted by atomic mass is 32.1. The molecule has 136 valence electrons. The number of amides is 3. The average molecular weight is 376 g/mol. The molecular weight excluding hydrogens is 359 g/mol. The van der Waals surface area contributed by atoms with Crippen LogP contribution in [-0.2, 0) is 27.2 Å². The number of rotatable bonds is 5. The second-order valence-electron chi connectivity index (χ2n) is 5.85. The number of carbonyl (C=O) groups excluding carboxylic acids is 3. The summed E-state index contributed by atoms with van der Waals surface area (Å²) in [6.07, 6.45) is 1.36. The minimum absolute atomic E-state index is 0.00460. The van der Waals surface area contributed by atoms with E-state index in [-0.39, 0.29) is 24.6 Å². The lowest BCUT2D eigenvalue weighted by atomic mass is 10.1. The monoisotopic (exact) mass is 376 g/mol. The van der Waals surface area contributed by atoms with Crippen LogP contribution in [0.25, 0.3) is 0 Å². The third kappa shape index (κ3) is 4.63. The van der Waals surface area contributed by atoms with Gasteiger partial charge in [0, 0.05) is 18.3 Å². The van der Waals surface area contributed by atoms with Gasteiger partial charge in [0.2, 0.25) is 17.7 Å². The number of hydrazine groups is 1. The van der Waals surface area contributed by atoms with Crippen molar-refractivity contribution < 1.29 is 18.8 Å². The molecule has 1 aromatic carbocycles. The van der Waals surface area contributed by atoms with Gasteiger partial charge in [0.25, 0.3) is 0 Å². The summed E-state index contributed by atoms with van der Waals surface area (Å²) in [6, 6.07) is 5.55. The van der Waals surface area contributed by atoms with E-state index in [1.54, 1.807) is 10.3 Å². The first-order chi connectivity index (χ1) is 12.5. The summed E-state index contributed by atoms with van der Waals surface area (Å²) in [6.45, 7) is 0.650. The molecule has 0 atom stereocenters. The van der Waals surface area contributed by atoms with Gasteiger partial charge in [-0.2, -0.15) is 0 Å². The Balaban J connectivity index is 1.45. The van der Waals surface area contributed by atoms with Gasteiger partial charge in [-0.05, 0) is 24.1 Å². The van der Waals surface area contributed by atoms with Crippen LogP contribution in [0, 0.1) is 5.82 Å². The van der Waals surface area contributed by atoms with E-state index in [0.717, 1.165) is 6.42 Å². The van der Waals surface area contributed by atoms with Gasteiger partial charge in [-0.25, -0.2) is 9.37 Å². The van der Waals surface area contributed by atoms with Crippen LogP contribution in [0.3, 0.4) is 0 Å². The van der Waals surface area contributed by atoms with Gasteiger partial charge in [-0.1, -0.05) is 12.1 Å². The molecule has 1 fully saturated rings. The molecular formula is C17H17FN4O3S. The van der Waals surface area contributed by atoms with Crippen molar-refractivity contribution in [2.45, 2.75) is 25.7 Å². The van der Waals surface area contributed by atoms with Crippen molar-refractivity contribution in [1.82, 2.24) is 15.8 Å². The number of hydrogen-bond acceptors (Lipinski definition) is 5. The second-order valence-corrected chi connectivity index (χ2v) is 6.68. The third-order valence-electron chi connectivity index (χ3n) is 3.80. The maximum absolute atomic E-state index is 12.8. The van der Waals surface area contributed by atoms with Crippen LogP contribution in [0.1, 0.15) is 24.1 Å². The van der Waals surface area contributed by atoms with Crippen LogP contribution < -0.4 is 15.8 Å². The summed E-state index contributed by atoms with van der Waals surface area (Å²) in [7, 11) is 0. The van der Waals surface area contributed by atoms with Gasteiger partial charge in [0.1, 0.15) is 5.82 Å². The maximum atomic E-state index is 12.8. The minimum atomic E-state index is -0.415. The summed E-state index contributed by atoms with van der Waals surface area (Å²) in [5.41, 5.74) is 5.81. The smallest absolute Gasteiger partial charge is 0.244 e. The fraction of sp³-hybridized carbons (Fsp3) is 0.294. The predicted molar refractivity (Wildman–Crippen MR) is 93.8 cm³/mol. The number of thiazole rings is 1. The molecule has 1 aliphatic heterocycles. The number of nitrogens with one attached hydrogen (secondary N) is 2. The SMILES string of the molecule is O=C(Cc1ccc(F)cc1)NNC(=O)Cc1csc(N2CCCC2=O)n1. The molecule has 0 bridgehead atoms. The zero-order chi connectivity index (χ0) is 18.5. The number of hydrogen-bond donors (Lipinski definition) is 2. The largest absolute Gasteiger partial charge is 0.288 e. The molecule has 0 radical (unpaired) electrons. The highest BCUT2D eigenvalue weighted by Crippen LogP contribution is 2.25. The average Bonchev–Trinajstić information content (AvgIpc) is 3.24. The number of benzene rings is 1. The molecule has 9 heteroatoms. The first kappa shape index (κ1) is 18.0. The van der Waals surface area contributed by atoms with E-state index < -0.39 is 11.8 Å². The van der Waals surface area contributed by atoms with Crippen LogP contribution in [0.4, 0.5) is 9.52 Å². The molecule has 7 nitrogen and oxygen atoms in total. The van der Waals surface area contributed by atoms with Gasteiger partial charge in [-0.15, -0.1) is 11.3 Å². The van der Waals surface area contributed by atoms with E-state index in [2.05, 4.69) is 15.8 Å². The first-order valence-electron chi connectivity index (χ1n) is 8.08. The van der Waals surface area contributed by atoms with Gasteiger partial charge < -0.3 is 0 Å². The Kier molecular flexibility index (Phi) is 5.57. The van der Waals surface area contributed by atoms with Crippen molar-refractivity contribution in [3.63, 3.8) is 0 Å². The lowest BCUT2D eigenvalue weighted by molar-refractivity contribution is -0.128. The van der Waals surface area contributed by atoms with Crippen LogP contribution in [-0.4, -0.2) is 29.3 Å². The minimum Gasteiger partial charge on any atom is -0.288 e. The molecule has 0 saturated carbocycles. The lowest BCUT2D eigenvalue weighted by Gasteiger charge is -2.10. The van der Waals surface area contributed by atoms with Crippen molar-refractivity contribution in [3.05, 3.63) is 46.7 Å². The van der Waals surface area contributed by atoms with Crippen molar-refractivity contribution in [1.29, 1.82) is 0 Å². The molecule has 0 aliphatic carbocycles. The second kappa shape index (κ2) is 8.05. The molecule has 0 spiro atoms. The van der Waals surface area contributed by atoms with Gasteiger partial charge >= 0.3 is 0 Å². The Morgan fingerprint density at radius 1 is 1.15 bits per heavy atom. The normalized spacial score (nSPS) is 13.7. The van der Waals surface area contributed by atoms with Crippen LogP contribution >= 0.6 is 11.3 Å². The fourth-order valence-corrected chi connectivity index (χ4v) is 3.40. The number of halogens is 1. The Morgan fingerprint density at radius 2 is 1.85 bits per heavy atom. The standard InChI is InChI=1S/C17H17FN4O3S/c18-12-5-3-11(4-6-12)8-14(23)20-21-15(24)9-13-10-26-17(19-13)22-7-1-2-16(22)25/h3-6,10H,1-2,7-9H2,(H,20,23)(H,21,24). The number of carbonyl (C=O) groups is 3. The maximum Gasteiger partial charge on any atom is 0.244 e. The molecule has 1 saturated heterocycles. The predicted octanol–water partition coefficient (Wildman–Crippen LogP) is 1.34.